The Labute approximate surface area is 133 Å². The van der Waals surface area contributed by atoms with Crippen LogP contribution < -0.4 is 5.32 Å². The Morgan fingerprint density at radius 1 is 1.18 bits per heavy atom. The Balaban J connectivity index is 1.70. The average Bonchev–Trinajstić information content (AvgIpc) is 2.92. The molecule has 2 N–H and O–H groups in total. The van der Waals surface area contributed by atoms with Gasteiger partial charge < -0.3 is 10.4 Å². The molecule has 0 unspecified atom stereocenters. The van der Waals surface area contributed by atoms with Gasteiger partial charge in [-0.2, -0.15) is 0 Å². The summed E-state index contributed by atoms with van der Waals surface area (Å²) in [7, 11) is 0. The van der Waals surface area contributed by atoms with Crippen molar-refractivity contribution in [3.05, 3.63) is 51.5 Å². The molecule has 2 aromatic rings. The van der Waals surface area contributed by atoms with E-state index in [1.165, 1.54) is 24.3 Å². The summed E-state index contributed by atoms with van der Waals surface area (Å²) < 4.78 is 0. The zero-order valence-corrected chi connectivity index (χ0v) is 13.2. The number of nitrogens with zero attached hydrogens (tertiary/aromatic N) is 1. The number of amides is 1. The van der Waals surface area contributed by atoms with E-state index < -0.39 is 5.97 Å². The van der Waals surface area contributed by atoms with E-state index in [1.54, 1.807) is 11.3 Å². The largest absolute Gasteiger partial charge is 0.478 e. The van der Waals surface area contributed by atoms with Gasteiger partial charge in [0, 0.05) is 23.2 Å². The molecule has 0 bridgehead atoms. The van der Waals surface area contributed by atoms with E-state index in [-0.39, 0.29) is 11.5 Å². The number of benzene rings is 1. The minimum Gasteiger partial charge on any atom is -0.478 e. The predicted molar refractivity (Wildman–Crippen MR) is 85.5 cm³/mol. The molecule has 2 rings (SSSR count). The van der Waals surface area contributed by atoms with Gasteiger partial charge >= 0.3 is 5.97 Å². The topological polar surface area (TPSA) is 79.3 Å². The fourth-order valence-electron chi connectivity index (χ4n) is 1.99. The number of unbranched alkanes of at least 4 members (excludes halogenated alkanes) is 1. The number of hydrogen-bond acceptors (Lipinski definition) is 4. The maximum absolute atomic E-state index is 11.9. The van der Waals surface area contributed by atoms with Crippen LogP contribution in [-0.4, -0.2) is 28.5 Å². The molecular weight excluding hydrogens is 300 g/mol. The quantitative estimate of drug-likeness (QED) is 0.769. The van der Waals surface area contributed by atoms with E-state index in [2.05, 4.69) is 10.3 Å². The number of thiazole rings is 1. The van der Waals surface area contributed by atoms with Crippen molar-refractivity contribution in [2.75, 3.05) is 6.54 Å². The first-order valence-corrected chi connectivity index (χ1v) is 7.97. The zero-order valence-electron chi connectivity index (χ0n) is 12.3. The van der Waals surface area contributed by atoms with E-state index in [0.29, 0.717) is 12.1 Å². The third-order valence-corrected chi connectivity index (χ3v) is 4.19. The Kier molecular flexibility index (Phi) is 5.66. The minimum atomic E-state index is -0.996. The third kappa shape index (κ3) is 4.66. The number of carboxylic acid groups (broad SMARTS) is 1. The molecule has 0 saturated carbocycles. The SMILES string of the molecule is Cc1csc(CCCCNC(=O)c2ccc(C(=O)O)cc2)n1. The van der Waals surface area contributed by atoms with E-state index >= 15 is 0 Å². The van der Waals surface area contributed by atoms with Crippen LogP contribution in [0.4, 0.5) is 0 Å². The van der Waals surface area contributed by atoms with Crippen LogP contribution in [0.3, 0.4) is 0 Å². The molecule has 0 atom stereocenters. The lowest BCUT2D eigenvalue weighted by molar-refractivity contribution is 0.0696. The smallest absolute Gasteiger partial charge is 0.335 e. The van der Waals surface area contributed by atoms with Gasteiger partial charge in [-0.1, -0.05) is 0 Å². The van der Waals surface area contributed by atoms with E-state index in [4.69, 9.17) is 5.11 Å². The van der Waals surface area contributed by atoms with E-state index in [1.807, 2.05) is 12.3 Å². The molecule has 116 valence electrons. The van der Waals surface area contributed by atoms with Gasteiger partial charge in [0.15, 0.2) is 0 Å². The summed E-state index contributed by atoms with van der Waals surface area (Å²) in [4.78, 5) is 27.0. The molecule has 6 heteroatoms. The Hall–Kier alpha value is -2.21. The predicted octanol–water partition coefficient (Wildman–Crippen LogP) is 2.90. The molecule has 1 aromatic heterocycles. The normalized spacial score (nSPS) is 10.4. The van der Waals surface area contributed by atoms with Crippen LogP contribution in [0.1, 0.15) is 44.3 Å². The first kappa shape index (κ1) is 16.2. The summed E-state index contributed by atoms with van der Waals surface area (Å²) in [6.07, 6.45) is 2.80. The number of aromatic nitrogens is 1. The van der Waals surface area contributed by atoms with Crippen LogP contribution in [-0.2, 0) is 6.42 Å². The van der Waals surface area contributed by atoms with Crippen molar-refractivity contribution in [3.8, 4) is 0 Å². The summed E-state index contributed by atoms with van der Waals surface area (Å²) in [6.45, 7) is 2.58. The van der Waals surface area contributed by atoms with Crippen LogP contribution in [0, 0.1) is 6.92 Å². The molecule has 0 radical (unpaired) electrons. The fraction of sp³-hybridized carbons (Fsp3) is 0.312. The van der Waals surface area contributed by atoms with Gasteiger partial charge in [0.2, 0.25) is 0 Å². The van der Waals surface area contributed by atoms with Gasteiger partial charge in [-0.05, 0) is 50.5 Å². The number of aryl methyl sites for hydroxylation is 2. The van der Waals surface area contributed by atoms with Crippen molar-refractivity contribution < 1.29 is 14.7 Å². The van der Waals surface area contributed by atoms with Crippen molar-refractivity contribution in [1.29, 1.82) is 0 Å². The molecule has 0 aliphatic rings. The Morgan fingerprint density at radius 2 is 1.86 bits per heavy atom. The highest BCUT2D eigenvalue weighted by Gasteiger charge is 2.07. The Bertz CT molecular complexity index is 650. The van der Waals surface area contributed by atoms with Gasteiger partial charge in [-0.25, -0.2) is 9.78 Å². The lowest BCUT2D eigenvalue weighted by atomic mass is 10.1. The minimum absolute atomic E-state index is 0.176. The van der Waals surface area contributed by atoms with Crippen LogP contribution in [0.15, 0.2) is 29.6 Å². The summed E-state index contributed by atoms with van der Waals surface area (Å²) in [5.41, 5.74) is 1.70. The van der Waals surface area contributed by atoms with Crippen LogP contribution in [0.5, 0.6) is 0 Å². The third-order valence-electron chi connectivity index (χ3n) is 3.16. The Morgan fingerprint density at radius 3 is 2.45 bits per heavy atom. The van der Waals surface area contributed by atoms with Gasteiger partial charge in [0.05, 0.1) is 10.6 Å². The molecule has 0 saturated heterocycles. The van der Waals surface area contributed by atoms with Gasteiger partial charge in [-0.15, -0.1) is 11.3 Å². The zero-order chi connectivity index (χ0) is 15.9. The van der Waals surface area contributed by atoms with Crippen molar-refractivity contribution >= 4 is 23.2 Å². The van der Waals surface area contributed by atoms with Crippen molar-refractivity contribution in [2.45, 2.75) is 26.2 Å². The second-order valence-corrected chi connectivity index (χ2v) is 5.92. The molecule has 0 aliphatic carbocycles. The number of carbonyl (C=O) groups is 2. The number of carbonyl (C=O) groups excluding carboxylic acids is 1. The van der Waals surface area contributed by atoms with Crippen molar-refractivity contribution in [1.82, 2.24) is 10.3 Å². The maximum atomic E-state index is 11.9. The second-order valence-electron chi connectivity index (χ2n) is 4.98. The number of carboxylic acids is 1. The van der Waals surface area contributed by atoms with Crippen LogP contribution >= 0.6 is 11.3 Å². The maximum Gasteiger partial charge on any atom is 0.335 e. The second kappa shape index (κ2) is 7.70. The molecule has 0 spiro atoms. The molecule has 0 aliphatic heterocycles. The van der Waals surface area contributed by atoms with Crippen LogP contribution in [0.25, 0.3) is 0 Å². The highest BCUT2D eigenvalue weighted by molar-refractivity contribution is 7.09. The van der Waals surface area contributed by atoms with Gasteiger partial charge in [0.25, 0.3) is 5.91 Å². The highest BCUT2D eigenvalue weighted by Crippen LogP contribution is 2.11. The molecular formula is C16H18N2O3S. The molecule has 5 nitrogen and oxygen atoms in total. The molecule has 22 heavy (non-hydrogen) atoms. The lowest BCUT2D eigenvalue weighted by Gasteiger charge is -2.05. The number of aromatic carboxylic acids is 1. The first-order valence-electron chi connectivity index (χ1n) is 7.09. The molecule has 0 fully saturated rings. The summed E-state index contributed by atoms with van der Waals surface area (Å²) in [5, 5.41) is 14.8. The highest BCUT2D eigenvalue weighted by atomic mass is 32.1. The monoisotopic (exact) mass is 318 g/mol. The number of rotatable bonds is 7. The van der Waals surface area contributed by atoms with Gasteiger partial charge in [-0.3, -0.25) is 4.79 Å². The number of nitrogens with one attached hydrogen (secondary N) is 1. The lowest BCUT2D eigenvalue weighted by Crippen LogP contribution is -2.24. The summed E-state index contributed by atoms with van der Waals surface area (Å²) in [6, 6.07) is 5.92. The first-order chi connectivity index (χ1) is 10.6. The number of hydrogen-bond donors (Lipinski definition) is 2. The average molecular weight is 318 g/mol. The van der Waals surface area contributed by atoms with Gasteiger partial charge in [0.1, 0.15) is 0 Å². The van der Waals surface area contributed by atoms with Crippen molar-refractivity contribution in [3.63, 3.8) is 0 Å². The molecule has 1 heterocycles. The molecule has 1 aromatic carbocycles. The fourth-order valence-corrected chi connectivity index (χ4v) is 2.81. The van der Waals surface area contributed by atoms with E-state index in [9.17, 15) is 9.59 Å². The summed E-state index contributed by atoms with van der Waals surface area (Å²) in [5.74, 6) is -1.17. The van der Waals surface area contributed by atoms with Crippen molar-refractivity contribution in [2.24, 2.45) is 0 Å². The molecule has 1 amide bonds. The van der Waals surface area contributed by atoms with Crippen LogP contribution in [0.2, 0.25) is 0 Å². The standard InChI is InChI=1S/C16H18N2O3S/c1-11-10-22-14(18-11)4-2-3-9-17-15(19)12-5-7-13(8-6-12)16(20)21/h5-8,10H,2-4,9H2,1H3,(H,17,19)(H,20,21). The summed E-state index contributed by atoms with van der Waals surface area (Å²) >= 11 is 1.67. The van der Waals surface area contributed by atoms with E-state index in [0.717, 1.165) is 30.0 Å².